The van der Waals surface area contributed by atoms with Gasteiger partial charge in [0.2, 0.25) is 0 Å². The lowest BCUT2D eigenvalue weighted by atomic mass is 9.94. The molecule has 0 bridgehead atoms. The number of aryl methyl sites for hydroxylation is 1. The summed E-state index contributed by atoms with van der Waals surface area (Å²) in [7, 11) is 0. The van der Waals surface area contributed by atoms with Crippen molar-refractivity contribution in [1.29, 1.82) is 0 Å². The van der Waals surface area contributed by atoms with E-state index in [4.69, 9.17) is 9.47 Å². The van der Waals surface area contributed by atoms with Gasteiger partial charge in [-0.15, -0.1) is 0 Å². The second-order valence-electron chi connectivity index (χ2n) is 10.4. The maximum atomic E-state index is 13.5. The zero-order valence-corrected chi connectivity index (χ0v) is 22.8. The molecule has 1 aromatic heterocycles. The highest BCUT2D eigenvalue weighted by Crippen LogP contribution is 2.41. The van der Waals surface area contributed by atoms with Crippen LogP contribution in [0.5, 0.6) is 11.5 Å². The van der Waals surface area contributed by atoms with Crippen molar-refractivity contribution in [2.75, 3.05) is 6.54 Å². The molecule has 2 atom stereocenters. The van der Waals surface area contributed by atoms with Crippen molar-refractivity contribution in [3.05, 3.63) is 119 Å². The van der Waals surface area contributed by atoms with Gasteiger partial charge in [0.05, 0.1) is 17.9 Å². The Balaban J connectivity index is 1.35. The molecule has 0 unspecified atom stereocenters. The van der Waals surface area contributed by atoms with Crippen LogP contribution < -0.4 is 9.47 Å². The summed E-state index contributed by atoms with van der Waals surface area (Å²) < 4.78 is 13.8. The summed E-state index contributed by atoms with van der Waals surface area (Å²) in [5.74, 6) is -0.136. The molecule has 1 saturated heterocycles. The molecule has 0 spiro atoms. The molecule has 2 aliphatic rings. The number of benzene rings is 3. The van der Waals surface area contributed by atoms with Gasteiger partial charge in [0.15, 0.2) is 0 Å². The lowest BCUT2D eigenvalue weighted by molar-refractivity contribution is -0.139. The average molecular weight is 550 g/mol. The molecule has 41 heavy (non-hydrogen) atoms. The van der Waals surface area contributed by atoms with Gasteiger partial charge in [0.25, 0.3) is 11.7 Å². The van der Waals surface area contributed by atoms with E-state index in [1.165, 1.54) is 0 Å². The molecule has 3 heterocycles. The highest BCUT2D eigenvalue weighted by atomic mass is 16.5. The molecule has 3 aromatic carbocycles. The molecular weight excluding hydrogens is 518 g/mol. The van der Waals surface area contributed by atoms with Crippen molar-refractivity contribution >= 4 is 17.4 Å². The molecule has 1 fully saturated rings. The lowest BCUT2D eigenvalue weighted by Gasteiger charge is -2.26. The summed E-state index contributed by atoms with van der Waals surface area (Å²) in [5.41, 5.74) is 3.24. The summed E-state index contributed by atoms with van der Waals surface area (Å²) >= 11 is 0. The van der Waals surface area contributed by atoms with Gasteiger partial charge in [-0.2, -0.15) is 0 Å². The zero-order chi connectivity index (χ0) is 28.3. The number of hydrogen-bond donors (Lipinski definition) is 1. The summed E-state index contributed by atoms with van der Waals surface area (Å²) in [6.07, 6.45) is 6.65. The third-order valence-electron chi connectivity index (χ3n) is 7.51. The fraction of sp³-hybridized carbons (Fsp3) is 0.242. The van der Waals surface area contributed by atoms with Gasteiger partial charge < -0.3 is 24.0 Å². The summed E-state index contributed by atoms with van der Waals surface area (Å²) in [5, 5.41) is 11.5. The maximum absolute atomic E-state index is 13.5. The Morgan fingerprint density at radius 3 is 2.71 bits per heavy atom. The van der Waals surface area contributed by atoms with E-state index in [1.807, 2.05) is 84.4 Å². The monoisotopic (exact) mass is 549 g/mol. The largest absolute Gasteiger partial charge is 0.507 e. The van der Waals surface area contributed by atoms with Crippen LogP contribution in [0.15, 0.2) is 97.1 Å². The number of imidazole rings is 1. The minimum Gasteiger partial charge on any atom is -0.507 e. The van der Waals surface area contributed by atoms with Crippen molar-refractivity contribution in [3.8, 4) is 11.5 Å². The number of carbonyl (C=O) groups is 2. The summed E-state index contributed by atoms with van der Waals surface area (Å²) in [4.78, 5) is 32.6. The molecule has 1 N–H and O–H groups in total. The van der Waals surface area contributed by atoms with Gasteiger partial charge in [0.1, 0.15) is 30.0 Å². The van der Waals surface area contributed by atoms with Crippen molar-refractivity contribution in [2.24, 2.45) is 0 Å². The number of nitrogens with zero attached hydrogens (tertiary/aromatic N) is 3. The van der Waals surface area contributed by atoms with E-state index >= 15 is 0 Å². The van der Waals surface area contributed by atoms with Gasteiger partial charge in [-0.05, 0) is 60.4 Å². The molecule has 6 rings (SSSR count). The van der Waals surface area contributed by atoms with Crippen LogP contribution in [0, 0.1) is 0 Å². The molecule has 1 amide bonds. The average Bonchev–Trinajstić information content (AvgIpc) is 3.70. The van der Waals surface area contributed by atoms with E-state index in [2.05, 4.69) is 4.98 Å². The van der Waals surface area contributed by atoms with Gasteiger partial charge in [0, 0.05) is 37.5 Å². The summed E-state index contributed by atoms with van der Waals surface area (Å²) in [6, 6.07) is 21.9. The first-order chi connectivity index (χ1) is 20.0. The van der Waals surface area contributed by atoms with Crippen LogP contribution in [-0.4, -0.2) is 43.9 Å². The Morgan fingerprint density at radius 2 is 1.90 bits per heavy atom. The van der Waals surface area contributed by atoms with Crippen LogP contribution >= 0.6 is 0 Å². The summed E-state index contributed by atoms with van der Waals surface area (Å²) in [6.45, 7) is 3.33. The van der Waals surface area contributed by atoms with Crippen molar-refractivity contribution in [2.45, 2.75) is 45.1 Å². The minimum absolute atomic E-state index is 0.0436. The lowest BCUT2D eigenvalue weighted by Crippen LogP contribution is -2.31. The quantitative estimate of drug-likeness (QED) is 0.173. The number of aliphatic hydroxyl groups excluding tert-OH is 1. The molecule has 0 aliphatic carbocycles. The number of aliphatic hydroxyl groups is 1. The fourth-order valence-corrected chi connectivity index (χ4v) is 5.54. The number of carbonyl (C=O) groups excluding carboxylic acids is 2. The number of likely N-dealkylation sites (tertiary alicyclic amines) is 1. The Bertz CT molecular complexity index is 1600. The number of Topliss-reactive ketones (excluding diaryl/α,β-unsaturated/α-hetero) is 1. The number of ketones is 1. The van der Waals surface area contributed by atoms with Crippen LogP contribution in [-0.2, 0) is 29.2 Å². The number of ether oxygens (including phenoxy) is 2. The van der Waals surface area contributed by atoms with Crippen molar-refractivity contribution < 1.29 is 24.2 Å². The van der Waals surface area contributed by atoms with Crippen LogP contribution in [0.2, 0.25) is 0 Å². The molecule has 2 aliphatic heterocycles. The molecule has 8 heteroatoms. The molecule has 208 valence electrons. The first-order valence-electron chi connectivity index (χ1n) is 13.8. The molecular formula is C33H31N3O5. The van der Waals surface area contributed by atoms with Crippen LogP contribution in [0.25, 0.3) is 5.76 Å². The number of fused-ring (bicyclic) bond motifs is 1. The van der Waals surface area contributed by atoms with Gasteiger partial charge >= 0.3 is 0 Å². The predicted molar refractivity (Wildman–Crippen MR) is 153 cm³/mol. The highest BCUT2D eigenvalue weighted by Gasteiger charge is 2.46. The second-order valence-corrected chi connectivity index (χ2v) is 10.4. The fourth-order valence-electron chi connectivity index (χ4n) is 5.54. The molecule has 0 radical (unpaired) electrons. The topological polar surface area (TPSA) is 93.9 Å². The van der Waals surface area contributed by atoms with E-state index in [0.29, 0.717) is 49.4 Å². The first kappa shape index (κ1) is 26.4. The zero-order valence-electron chi connectivity index (χ0n) is 22.8. The molecule has 4 aromatic rings. The number of aromatic nitrogens is 2. The van der Waals surface area contributed by atoms with E-state index in [0.717, 1.165) is 16.9 Å². The third kappa shape index (κ3) is 5.45. The van der Waals surface area contributed by atoms with Crippen LogP contribution in [0.3, 0.4) is 0 Å². The highest BCUT2D eigenvalue weighted by molar-refractivity contribution is 6.46. The SMILES string of the molecule is C[C@@H]1Cc2cc(/C(O)=C3\C(=O)C(=O)N(CCCn4ccnc4)[C@H]3c3cccc(OCc4ccccc4)c3)ccc2O1. The van der Waals surface area contributed by atoms with Gasteiger partial charge in [-0.25, -0.2) is 4.98 Å². The maximum Gasteiger partial charge on any atom is 0.295 e. The Hall–Kier alpha value is -4.85. The minimum atomic E-state index is -0.763. The molecule has 0 saturated carbocycles. The van der Waals surface area contributed by atoms with E-state index < -0.39 is 17.7 Å². The van der Waals surface area contributed by atoms with Crippen LogP contribution in [0.1, 0.15) is 41.6 Å². The van der Waals surface area contributed by atoms with Gasteiger partial charge in [-0.3, -0.25) is 9.59 Å². The van der Waals surface area contributed by atoms with E-state index in [9.17, 15) is 14.7 Å². The van der Waals surface area contributed by atoms with E-state index in [1.54, 1.807) is 23.5 Å². The molecule has 8 nitrogen and oxygen atoms in total. The number of hydrogen-bond acceptors (Lipinski definition) is 6. The Kier molecular flexibility index (Phi) is 7.29. The second kappa shape index (κ2) is 11.3. The van der Waals surface area contributed by atoms with Gasteiger partial charge in [-0.1, -0.05) is 42.5 Å². The Labute approximate surface area is 238 Å². The first-order valence-corrected chi connectivity index (χ1v) is 13.8. The number of rotatable bonds is 9. The van der Waals surface area contributed by atoms with E-state index in [-0.39, 0.29) is 17.4 Å². The smallest absolute Gasteiger partial charge is 0.295 e. The van der Waals surface area contributed by atoms with Crippen LogP contribution in [0.4, 0.5) is 0 Å². The van der Waals surface area contributed by atoms with Crippen molar-refractivity contribution in [3.63, 3.8) is 0 Å². The third-order valence-corrected chi connectivity index (χ3v) is 7.51. The standard InChI is InChI=1S/C33H31N3O5/c1-22-17-26-18-25(11-12-28(26)41-22)31(37)29-30(36(33(39)32(29)38)15-6-14-35-16-13-34-21-35)24-9-5-10-27(19-24)40-20-23-7-3-2-4-8-23/h2-5,7-13,16,18-19,21-22,30,37H,6,14-15,17,20H2,1H3/b31-29+/t22-,30+/m1/s1. The van der Waals surface area contributed by atoms with Crippen molar-refractivity contribution in [1.82, 2.24) is 14.5 Å². The number of amides is 1. The Morgan fingerprint density at radius 1 is 1.05 bits per heavy atom. The normalized spacial score (nSPS) is 19.3. The predicted octanol–water partition coefficient (Wildman–Crippen LogP) is 5.30.